The van der Waals surface area contributed by atoms with E-state index in [0.29, 0.717) is 12.1 Å². The monoisotopic (exact) mass is 417 g/mol. The van der Waals surface area contributed by atoms with Crippen LogP contribution in [0.3, 0.4) is 0 Å². The lowest BCUT2D eigenvalue weighted by molar-refractivity contribution is 0.000936. The van der Waals surface area contributed by atoms with Crippen molar-refractivity contribution in [3.05, 3.63) is 23.3 Å². The first-order chi connectivity index (χ1) is 14.6. The molecule has 0 spiro atoms. The largest absolute Gasteiger partial charge is 0.490 e. The van der Waals surface area contributed by atoms with Crippen molar-refractivity contribution >= 4 is 0 Å². The van der Waals surface area contributed by atoms with Crippen LogP contribution in [0.25, 0.3) is 0 Å². The second kappa shape index (κ2) is 12.0. The molecular weight excluding hydrogens is 374 g/mol. The molecule has 4 heteroatoms. The molecule has 0 aliphatic carbocycles. The van der Waals surface area contributed by atoms with Crippen molar-refractivity contribution in [2.75, 3.05) is 19.8 Å². The van der Waals surface area contributed by atoms with Gasteiger partial charge in [-0.25, -0.2) is 0 Å². The Hall–Kier alpha value is -1.26. The maximum Gasteiger partial charge on any atom is 0.161 e. The van der Waals surface area contributed by atoms with Crippen LogP contribution in [0.1, 0.15) is 102 Å². The Labute approximate surface area is 183 Å². The fourth-order valence-electron chi connectivity index (χ4n) is 5.05. The Balaban J connectivity index is 1.74. The molecule has 2 heterocycles. The van der Waals surface area contributed by atoms with E-state index in [1.54, 1.807) is 0 Å². The number of piperidine rings is 1. The van der Waals surface area contributed by atoms with E-state index in [-0.39, 0.29) is 6.10 Å². The summed E-state index contributed by atoms with van der Waals surface area (Å²) in [5, 5.41) is 10.4. The summed E-state index contributed by atoms with van der Waals surface area (Å²) in [6.07, 6.45) is 12.2. The highest BCUT2D eigenvalue weighted by Crippen LogP contribution is 2.43. The van der Waals surface area contributed by atoms with Gasteiger partial charge in [0.1, 0.15) is 0 Å². The molecule has 3 rings (SSSR count). The van der Waals surface area contributed by atoms with Gasteiger partial charge in [-0.2, -0.15) is 0 Å². The zero-order chi connectivity index (χ0) is 21.3. The summed E-state index contributed by atoms with van der Waals surface area (Å²) in [6, 6.07) is 5.20. The SMILES string of the molecule is CCCCCCOc1cc2c(cc1OCCCCCC)[C@@H]1C[C@H](O)C[C@@H](C)N1CC2. The standard InChI is InChI=1S/C26H43NO3/c1-4-6-8-10-14-29-25-17-21-12-13-27-20(3)16-22(28)18-24(27)23(21)19-26(25)30-15-11-9-7-5-2/h17,19-20,22,24,28H,4-16,18H2,1-3H3/t20-,22-,24+/m1/s1. The summed E-state index contributed by atoms with van der Waals surface area (Å²) in [6.45, 7) is 9.30. The molecule has 0 saturated carbocycles. The van der Waals surface area contributed by atoms with Gasteiger partial charge in [0.05, 0.1) is 19.3 Å². The molecule has 4 nitrogen and oxygen atoms in total. The normalized spacial score (nSPS) is 23.7. The summed E-state index contributed by atoms with van der Waals surface area (Å²) in [4.78, 5) is 2.57. The molecule has 2 aliphatic rings. The number of nitrogens with zero attached hydrogens (tertiary/aromatic N) is 1. The smallest absolute Gasteiger partial charge is 0.161 e. The van der Waals surface area contributed by atoms with Gasteiger partial charge < -0.3 is 14.6 Å². The van der Waals surface area contributed by atoms with Gasteiger partial charge in [0.15, 0.2) is 11.5 Å². The Morgan fingerprint density at radius 1 is 0.900 bits per heavy atom. The van der Waals surface area contributed by atoms with Crippen molar-refractivity contribution in [2.24, 2.45) is 0 Å². The maximum atomic E-state index is 10.4. The second-order valence-electron chi connectivity index (χ2n) is 9.29. The lowest BCUT2D eigenvalue weighted by atomic mass is 9.83. The van der Waals surface area contributed by atoms with E-state index in [0.717, 1.165) is 63.4 Å². The molecule has 0 unspecified atom stereocenters. The highest BCUT2D eigenvalue weighted by molar-refractivity contribution is 5.50. The molecule has 0 aromatic heterocycles. The lowest BCUT2D eigenvalue weighted by Gasteiger charge is -2.46. The van der Waals surface area contributed by atoms with E-state index >= 15 is 0 Å². The fourth-order valence-corrected chi connectivity index (χ4v) is 5.05. The number of unbranched alkanes of at least 4 members (excludes halogenated alkanes) is 6. The Kier molecular flexibility index (Phi) is 9.32. The highest BCUT2D eigenvalue weighted by Gasteiger charge is 2.37. The van der Waals surface area contributed by atoms with Crippen LogP contribution in [0.15, 0.2) is 12.1 Å². The van der Waals surface area contributed by atoms with Crippen molar-refractivity contribution in [1.82, 2.24) is 4.90 Å². The van der Waals surface area contributed by atoms with Crippen molar-refractivity contribution in [2.45, 2.75) is 110 Å². The summed E-state index contributed by atoms with van der Waals surface area (Å²) in [5.74, 6) is 1.81. The van der Waals surface area contributed by atoms with E-state index in [2.05, 4.69) is 37.8 Å². The van der Waals surface area contributed by atoms with Crippen LogP contribution in [-0.4, -0.2) is 41.9 Å². The number of benzene rings is 1. The van der Waals surface area contributed by atoms with Gasteiger partial charge in [0.2, 0.25) is 0 Å². The van der Waals surface area contributed by atoms with E-state index in [1.165, 1.54) is 49.7 Å². The second-order valence-corrected chi connectivity index (χ2v) is 9.29. The average molecular weight is 418 g/mol. The number of rotatable bonds is 12. The number of hydrogen-bond acceptors (Lipinski definition) is 4. The highest BCUT2D eigenvalue weighted by atomic mass is 16.5. The van der Waals surface area contributed by atoms with Crippen molar-refractivity contribution < 1.29 is 14.6 Å². The number of fused-ring (bicyclic) bond motifs is 3. The third kappa shape index (κ3) is 6.13. The summed E-state index contributed by atoms with van der Waals surface area (Å²) in [7, 11) is 0. The maximum absolute atomic E-state index is 10.4. The molecule has 3 atom stereocenters. The number of ether oxygens (including phenoxy) is 2. The third-order valence-corrected chi connectivity index (χ3v) is 6.79. The van der Waals surface area contributed by atoms with Crippen molar-refractivity contribution in [3.63, 3.8) is 0 Å². The van der Waals surface area contributed by atoms with E-state index in [1.807, 2.05) is 0 Å². The Morgan fingerprint density at radius 3 is 2.17 bits per heavy atom. The van der Waals surface area contributed by atoms with E-state index < -0.39 is 0 Å². The first-order valence-corrected chi connectivity index (χ1v) is 12.5. The number of aliphatic hydroxyl groups is 1. The van der Waals surface area contributed by atoms with Gasteiger partial charge >= 0.3 is 0 Å². The molecule has 1 fully saturated rings. The zero-order valence-electron chi connectivity index (χ0n) is 19.5. The molecule has 2 aliphatic heterocycles. The van der Waals surface area contributed by atoms with Crippen LogP contribution in [0, 0.1) is 0 Å². The predicted octanol–water partition coefficient (Wildman–Crippen LogP) is 6.05. The molecular formula is C26H43NO3. The molecule has 0 radical (unpaired) electrons. The van der Waals surface area contributed by atoms with Crippen LogP contribution in [0.4, 0.5) is 0 Å². The van der Waals surface area contributed by atoms with Crippen molar-refractivity contribution in [1.29, 1.82) is 0 Å². The van der Waals surface area contributed by atoms with Crippen LogP contribution in [0.2, 0.25) is 0 Å². The minimum atomic E-state index is -0.208. The quantitative estimate of drug-likeness (QED) is 0.421. The molecule has 1 saturated heterocycles. The molecule has 0 bridgehead atoms. The predicted molar refractivity (Wildman–Crippen MR) is 124 cm³/mol. The average Bonchev–Trinajstić information content (AvgIpc) is 2.73. The Morgan fingerprint density at radius 2 is 1.53 bits per heavy atom. The first-order valence-electron chi connectivity index (χ1n) is 12.5. The van der Waals surface area contributed by atoms with Crippen molar-refractivity contribution in [3.8, 4) is 11.5 Å². The minimum absolute atomic E-state index is 0.208. The number of aliphatic hydroxyl groups excluding tert-OH is 1. The van der Waals surface area contributed by atoms with Gasteiger partial charge in [0.25, 0.3) is 0 Å². The molecule has 0 amide bonds. The molecule has 1 aromatic rings. The summed E-state index contributed by atoms with van der Waals surface area (Å²) in [5.41, 5.74) is 2.72. The Bertz CT molecular complexity index is 647. The minimum Gasteiger partial charge on any atom is -0.490 e. The summed E-state index contributed by atoms with van der Waals surface area (Å²) < 4.78 is 12.5. The van der Waals surface area contributed by atoms with Gasteiger partial charge in [-0.3, -0.25) is 4.90 Å². The molecule has 30 heavy (non-hydrogen) atoms. The summed E-state index contributed by atoms with van der Waals surface area (Å²) >= 11 is 0. The van der Waals surface area contributed by atoms with Gasteiger partial charge in [-0.1, -0.05) is 52.4 Å². The zero-order valence-corrected chi connectivity index (χ0v) is 19.5. The van der Waals surface area contributed by atoms with Gasteiger partial charge in [0, 0.05) is 18.6 Å². The number of hydrogen-bond donors (Lipinski definition) is 1. The first kappa shape index (κ1) is 23.4. The lowest BCUT2D eigenvalue weighted by Crippen LogP contribution is -2.48. The van der Waals surface area contributed by atoms with Crippen LogP contribution in [0.5, 0.6) is 11.5 Å². The fraction of sp³-hybridized carbons (Fsp3) is 0.769. The van der Waals surface area contributed by atoms with Gasteiger partial charge in [-0.15, -0.1) is 0 Å². The van der Waals surface area contributed by atoms with Crippen LogP contribution in [-0.2, 0) is 6.42 Å². The molecule has 1 N–H and O–H groups in total. The van der Waals surface area contributed by atoms with Crippen LogP contribution < -0.4 is 9.47 Å². The topological polar surface area (TPSA) is 41.9 Å². The molecule has 170 valence electrons. The van der Waals surface area contributed by atoms with E-state index in [9.17, 15) is 5.11 Å². The van der Waals surface area contributed by atoms with Crippen LogP contribution >= 0.6 is 0 Å². The third-order valence-electron chi connectivity index (χ3n) is 6.79. The van der Waals surface area contributed by atoms with Gasteiger partial charge in [-0.05, 0) is 62.3 Å². The molecule has 1 aromatic carbocycles. The van der Waals surface area contributed by atoms with E-state index in [4.69, 9.17) is 9.47 Å².